The topological polar surface area (TPSA) is 76.2 Å². The van der Waals surface area contributed by atoms with E-state index in [0.29, 0.717) is 10.6 Å². The molecule has 2 amide bonds. The first-order valence-electron chi connectivity index (χ1n) is 11.2. The molecule has 3 aliphatic rings. The van der Waals surface area contributed by atoms with Gasteiger partial charge in [-0.05, 0) is 54.8 Å². The van der Waals surface area contributed by atoms with E-state index >= 15 is 0 Å². The van der Waals surface area contributed by atoms with E-state index in [-0.39, 0.29) is 5.91 Å². The van der Waals surface area contributed by atoms with Crippen LogP contribution in [0.5, 0.6) is 0 Å². The molecule has 4 heterocycles. The zero-order valence-corrected chi connectivity index (χ0v) is 20.1. The predicted molar refractivity (Wildman–Crippen MR) is 129 cm³/mol. The molecule has 1 aliphatic carbocycles. The summed E-state index contributed by atoms with van der Waals surface area (Å²) in [6, 6.07) is 12.9. The summed E-state index contributed by atoms with van der Waals surface area (Å²) < 4.78 is 5.06. The summed E-state index contributed by atoms with van der Waals surface area (Å²) in [5, 5.41) is 4.02. The van der Waals surface area contributed by atoms with Gasteiger partial charge in [-0.3, -0.25) is 14.4 Å². The lowest BCUT2D eigenvalue weighted by atomic mass is 9.95. The minimum Gasteiger partial charge on any atom is -0.465 e. The molecule has 0 N–H and O–H groups in total. The maximum absolute atomic E-state index is 13.9. The molecule has 0 unspecified atom stereocenters. The molecule has 2 aromatic heterocycles. The van der Waals surface area contributed by atoms with E-state index in [0.717, 1.165) is 46.7 Å². The number of fused-ring (bicyclic) bond motifs is 2. The van der Waals surface area contributed by atoms with Gasteiger partial charge in [0.2, 0.25) is 5.91 Å². The van der Waals surface area contributed by atoms with E-state index < -0.39 is 29.9 Å². The first kappa shape index (κ1) is 21.5. The SMILES string of the molecule is COC(=O)c1c(N2C(=O)[C@H]3[C@H](ON(c4ccccc4)[C@@H]3c3cccs3)C2=O)sc2c1CCCC2. The second kappa shape index (κ2) is 8.33. The highest BCUT2D eigenvalue weighted by Gasteiger charge is 2.61. The summed E-state index contributed by atoms with van der Waals surface area (Å²) in [6.45, 7) is 0. The lowest BCUT2D eigenvalue weighted by Crippen LogP contribution is -2.37. The third-order valence-electron chi connectivity index (χ3n) is 6.71. The van der Waals surface area contributed by atoms with Gasteiger partial charge in [0, 0.05) is 9.75 Å². The third kappa shape index (κ3) is 3.14. The average molecular weight is 495 g/mol. The summed E-state index contributed by atoms with van der Waals surface area (Å²) >= 11 is 2.89. The number of ether oxygens (including phenoxy) is 1. The van der Waals surface area contributed by atoms with Gasteiger partial charge in [0.1, 0.15) is 17.0 Å². The zero-order chi connectivity index (χ0) is 23.4. The number of methoxy groups -OCH3 is 1. The van der Waals surface area contributed by atoms with E-state index in [1.807, 2.05) is 47.8 Å². The highest BCUT2D eigenvalue weighted by molar-refractivity contribution is 7.17. The van der Waals surface area contributed by atoms with Crippen molar-refractivity contribution in [3.05, 3.63) is 68.7 Å². The molecule has 0 radical (unpaired) electrons. The van der Waals surface area contributed by atoms with E-state index in [1.54, 1.807) is 5.06 Å². The van der Waals surface area contributed by atoms with Crippen molar-refractivity contribution in [2.45, 2.75) is 37.8 Å². The van der Waals surface area contributed by atoms with Gasteiger partial charge in [0.25, 0.3) is 5.91 Å². The van der Waals surface area contributed by atoms with Gasteiger partial charge in [-0.25, -0.2) is 14.8 Å². The van der Waals surface area contributed by atoms with Crippen molar-refractivity contribution < 1.29 is 24.0 Å². The van der Waals surface area contributed by atoms with Crippen LogP contribution in [0.15, 0.2) is 47.8 Å². The first-order chi connectivity index (χ1) is 16.6. The summed E-state index contributed by atoms with van der Waals surface area (Å²) in [4.78, 5) is 49.7. The number of para-hydroxylation sites is 1. The van der Waals surface area contributed by atoms with Crippen LogP contribution in [-0.4, -0.2) is 31.0 Å². The molecule has 2 saturated heterocycles. The Morgan fingerprint density at radius 1 is 1.06 bits per heavy atom. The Morgan fingerprint density at radius 3 is 2.59 bits per heavy atom. The van der Waals surface area contributed by atoms with Crippen molar-refractivity contribution in [3.63, 3.8) is 0 Å². The number of aryl methyl sites for hydroxylation is 1. The van der Waals surface area contributed by atoms with Crippen LogP contribution >= 0.6 is 22.7 Å². The number of esters is 1. The lowest BCUT2D eigenvalue weighted by Gasteiger charge is -2.27. The standard InChI is InChI=1S/C25H22N2O5S2/c1-31-25(30)18-15-10-5-6-11-16(15)34-24(18)26-22(28)19-20(17-12-7-13-33-17)27(32-21(19)23(26)29)14-8-3-2-4-9-14/h2-4,7-9,12-13,19-21H,5-6,10-11H2,1H3/t19-,20-,21+/m1/s1. The zero-order valence-electron chi connectivity index (χ0n) is 18.4. The second-order valence-electron chi connectivity index (χ2n) is 8.57. The maximum atomic E-state index is 13.9. The third-order valence-corrected chi connectivity index (χ3v) is 8.93. The normalized spacial score (nSPS) is 23.9. The molecular weight excluding hydrogens is 472 g/mol. The summed E-state index contributed by atoms with van der Waals surface area (Å²) in [5.74, 6) is -1.99. The van der Waals surface area contributed by atoms with E-state index in [4.69, 9.17) is 9.57 Å². The number of carbonyl (C=O) groups excluding carboxylic acids is 3. The smallest absolute Gasteiger partial charge is 0.341 e. The van der Waals surface area contributed by atoms with Crippen molar-refractivity contribution in [3.8, 4) is 0 Å². The van der Waals surface area contributed by atoms with Crippen LogP contribution in [0.4, 0.5) is 10.7 Å². The molecule has 174 valence electrons. The molecule has 7 nitrogen and oxygen atoms in total. The molecular formula is C25H22N2O5S2. The van der Waals surface area contributed by atoms with Gasteiger partial charge in [-0.2, -0.15) is 0 Å². The van der Waals surface area contributed by atoms with E-state index in [9.17, 15) is 14.4 Å². The van der Waals surface area contributed by atoms with Gasteiger partial charge in [-0.15, -0.1) is 22.7 Å². The summed E-state index contributed by atoms with van der Waals surface area (Å²) in [7, 11) is 1.33. The fourth-order valence-corrected chi connectivity index (χ4v) is 7.42. The Bertz CT molecular complexity index is 1270. The number of rotatable bonds is 4. The van der Waals surface area contributed by atoms with Gasteiger partial charge in [-0.1, -0.05) is 24.3 Å². The van der Waals surface area contributed by atoms with Crippen LogP contribution < -0.4 is 9.96 Å². The average Bonchev–Trinajstić information content (AvgIpc) is 3.63. The number of thiophene rings is 2. The number of anilines is 2. The minimum atomic E-state index is -0.954. The fourth-order valence-electron chi connectivity index (χ4n) is 5.18. The molecule has 2 aliphatic heterocycles. The largest absolute Gasteiger partial charge is 0.465 e. The minimum absolute atomic E-state index is 0.337. The second-order valence-corrected chi connectivity index (χ2v) is 10.6. The number of hydrogen-bond donors (Lipinski definition) is 0. The van der Waals surface area contributed by atoms with Crippen LogP contribution in [-0.2, 0) is 32.0 Å². The Balaban J connectivity index is 1.44. The van der Waals surface area contributed by atoms with Crippen LogP contribution in [0, 0.1) is 5.92 Å². The van der Waals surface area contributed by atoms with Gasteiger partial charge in [0.05, 0.1) is 18.4 Å². The molecule has 0 spiro atoms. The molecule has 1 aromatic carbocycles. The van der Waals surface area contributed by atoms with Crippen LogP contribution in [0.2, 0.25) is 0 Å². The van der Waals surface area contributed by atoms with Gasteiger partial charge >= 0.3 is 5.97 Å². The van der Waals surface area contributed by atoms with Crippen molar-refractivity contribution in [2.75, 3.05) is 17.1 Å². The van der Waals surface area contributed by atoms with Crippen molar-refractivity contribution >= 4 is 51.1 Å². The summed E-state index contributed by atoms with van der Waals surface area (Å²) in [5.41, 5.74) is 2.05. The Kier molecular flexibility index (Phi) is 5.28. The number of amides is 2. The van der Waals surface area contributed by atoms with Crippen molar-refractivity contribution in [1.82, 2.24) is 0 Å². The molecule has 0 bridgehead atoms. The number of nitrogens with zero attached hydrogens (tertiary/aromatic N) is 2. The van der Waals surface area contributed by atoms with Gasteiger partial charge in [0.15, 0.2) is 6.10 Å². The molecule has 34 heavy (non-hydrogen) atoms. The van der Waals surface area contributed by atoms with E-state index in [2.05, 4.69) is 0 Å². The van der Waals surface area contributed by atoms with Crippen LogP contribution in [0.3, 0.4) is 0 Å². The number of imide groups is 1. The number of carbonyl (C=O) groups is 3. The number of benzene rings is 1. The molecule has 3 aromatic rings. The highest BCUT2D eigenvalue weighted by atomic mass is 32.1. The highest BCUT2D eigenvalue weighted by Crippen LogP contribution is 2.51. The van der Waals surface area contributed by atoms with Crippen molar-refractivity contribution in [2.24, 2.45) is 5.92 Å². The number of hydroxylamine groups is 1. The molecule has 6 rings (SSSR count). The quantitative estimate of drug-likeness (QED) is 0.392. The Morgan fingerprint density at radius 2 is 1.85 bits per heavy atom. The Labute approximate surface area is 204 Å². The number of hydrogen-bond acceptors (Lipinski definition) is 8. The monoisotopic (exact) mass is 494 g/mol. The predicted octanol–water partition coefficient (Wildman–Crippen LogP) is 4.53. The molecule has 2 fully saturated rings. The molecule has 0 saturated carbocycles. The first-order valence-corrected chi connectivity index (χ1v) is 12.9. The Hall–Kier alpha value is -3.01. The lowest BCUT2D eigenvalue weighted by molar-refractivity contribution is -0.126. The van der Waals surface area contributed by atoms with Crippen LogP contribution in [0.1, 0.15) is 44.6 Å². The van der Waals surface area contributed by atoms with E-state index in [1.165, 1.54) is 34.7 Å². The van der Waals surface area contributed by atoms with Gasteiger partial charge < -0.3 is 4.74 Å². The molecule has 9 heteroatoms. The fraction of sp³-hybridized carbons (Fsp3) is 0.320. The molecule has 3 atom stereocenters. The van der Waals surface area contributed by atoms with Crippen LogP contribution in [0.25, 0.3) is 0 Å². The maximum Gasteiger partial charge on any atom is 0.341 e. The summed E-state index contributed by atoms with van der Waals surface area (Å²) in [6.07, 6.45) is 2.62. The van der Waals surface area contributed by atoms with Crippen molar-refractivity contribution in [1.29, 1.82) is 0 Å².